The molecule has 11 nitrogen and oxygen atoms in total. The number of carbonyl (C=O) groups is 1. The zero-order valence-electron chi connectivity index (χ0n) is 21.3. The average Bonchev–Trinajstić information content (AvgIpc) is 3.32. The van der Waals surface area contributed by atoms with Crippen LogP contribution in [0.4, 0.5) is 14.5 Å². The highest BCUT2D eigenvalue weighted by Crippen LogP contribution is 2.40. The quantitative estimate of drug-likeness (QED) is 0.223. The van der Waals surface area contributed by atoms with E-state index in [4.69, 9.17) is 31.1 Å². The lowest BCUT2D eigenvalue weighted by atomic mass is 10.2. The van der Waals surface area contributed by atoms with E-state index in [2.05, 4.69) is 4.98 Å². The van der Waals surface area contributed by atoms with E-state index < -0.39 is 46.9 Å². The van der Waals surface area contributed by atoms with Crippen LogP contribution in [-0.4, -0.2) is 66.6 Å². The largest absolute Gasteiger partial charge is 0.504 e. The van der Waals surface area contributed by atoms with Gasteiger partial charge in [0.1, 0.15) is 17.7 Å². The Bertz CT molecular complexity index is 1400. The molecule has 0 saturated carbocycles. The van der Waals surface area contributed by atoms with Crippen molar-refractivity contribution in [2.75, 3.05) is 38.6 Å². The highest BCUT2D eigenvalue weighted by Gasteiger charge is 2.31. The smallest absolute Gasteiger partial charge is 0.263 e. The number of amidine groups is 1. The average molecular weight is 543 g/mol. The minimum atomic E-state index is -1.28. The maximum Gasteiger partial charge on any atom is 0.263 e. The maximum atomic E-state index is 15.6. The number of hydrogen-bond donors (Lipinski definition) is 4. The monoisotopic (exact) mass is 542 g/mol. The summed E-state index contributed by atoms with van der Waals surface area (Å²) in [5, 5.41) is 17.8. The van der Waals surface area contributed by atoms with Crippen molar-refractivity contribution in [2.45, 2.75) is 12.5 Å². The van der Waals surface area contributed by atoms with E-state index in [0.717, 1.165) is 5.69 Å². The molecular formula is C26H28F2N6O5. The molecule has 0 radical (unpaired) electrons. The number of hydrogen-bond acceptors (Lipinski definition) is 9. The minimum absolute atomic E-state index is 0.0160. The Morgan fingerprint density at radius 2 is 1.87 bits per heavy atom. The van der Waals surface area contributed by atoms with Crippen LogP contribution < -0.4 is 30.6 Å². The zero-order chi connectivity index (χ0) is 28.3. The molecule has 6 N–H and O–H groups in total. The summed E-state index contributed by atoms with van der Waals surface area (Å²) in [4.78, 5) is 18.7. The van der Waals surface area contributed by atoms with Crippen LogP contribution >= 0.6 is 0 Å². The Morgan fingerprint density at radius 3 is 2.54 bits per heavy atom. The molecule has 2 aromatic carbocycles. The van der Waals surface area contributed by atoms with Gasteiger partial charge in [0.15, 0.2) is 11.5 Å². The molecule has 0 bridgehead atoms. The molecule has 1 aliphatic heterocycles. The molecule has 1 unspecified atom stereocenters. The van der Waals surface area contributed by atoms with Gasteiger partial charge in [-0.3, -0.25) is 15.1 Å². The first kappa shape index (κ1) is 27.4. The lowest BCUT2D eigenvalue weighted by molar-refractivity contribution is -0.118. The Morgan fingerprint density at radius 1 is 1.15 bits per heavy atom. The summed E-state index contributed by atoms with van der Waals surface area (Å²) in [6.45, 7) is 0.637. The van der Waals surface area contributed by atoms with Gasteiger partial charge in [0.2, 0.25) is 23.3 Å². The molecule has 1 aliphatic rings. The highest BCUT2D eigenvalue weighted by molar-refractivity contribution is 5.95. The van der Waals surface area contributed by atoms with Crippen LogP contribution in [0.5, 0.6) is 34.8 Å². The summed E-state index contributed by atoms with van der Waals surface area (Å²) in [6.07, 6.45) is -0.282. The first-order valence-electron chi connectivity index (χ1n) is 11.9. The van der Waals surface area contributed by atoms with Crippen molar-refractivity contribution in [1.29, 1.82) is 5.41 Å². The van der Waals surface area contributed by atoms with Gasteiger partial charge in [-0.1, -0.05) is 6.07 Å². The van der Waals surface area contributed by atoms with Crippen molar-refractivity contribution in [3.63, 3.8) is 0 Å². The van der Waals surface area contributed by atoms with Crippen molar-refractivity contribution in [2.24, 2.45) is 11.5 Å². The second kappa shape index (κ2) is 11.4. The summed E-state index contributed by atoms with van der Waals surface area (Å²) < 4.78 is 48.1. The Balaban J connectivity index is 1.72. The third kappa shape index (κ3) is 6.44. The fourth-order valence-corrected chi connectivity index (χ4v) is 3.95. The van der Waals surface area contributed by atoms with Gasteiger partial charge in [0, 0.05) is 44.5 Å². The third-order valence-corrected chi connectivity index (χ3v) is 5.90. The van der Waals surface area contributed by atoms with E-state index in [1.807, 2.05) is 25.1 Å². The topological polar surface area (TPSA) is 160 Å². The number of carbonyl (C=O) groups excluding carboxylic acids is 1. The van der Waals surface area contributed by atoms with Crippen LogP contribution in [0.25, 0.3) is 0 Å². The number of amides is 1. The number of pyridine rings is 1. The standard InChI is InChI=1S/C26H28F2N6O5/c1-33(2)15-4-3-5-16(11-15)38-25-21(27)23(37-17-8-9-34(12-17)13-20(29)36)22(28)26(32-25)39-19-10-14(24(30)31)6-7-18(19)35/h3-7,10-11,17,35H,8-9,12-13H2,1-2H3,(H2,29,36)(H3,30,31). The lowest BCUT2D eigenvalue weighted by Gasteiger charge is -2.19. The van der Waals surface area contributed by atoms with Crippen molar-refractivity contribution in [3.8, 4) is 34.8 Å². The molecular weight excluding hydrogens is 514 g/mol. The number of nitrogen functional groups attached to an aromatic ring is 1. The second-order valence-corrected chi connectivity index (χ2v) is 9.10. The first-order valence-corrected chi connectivity index (χ1v) is 11.9. The van der Waals surface area contributed by atoms with Crippen LogP contribution in [0, 0.1) is 17.0 Å². The van der Waals surface area contributed by atoms with E-state index in [1.54, 1.807) is 23.1 Å². The molecule has 13 heteroatoms. The summed E-state index contributed by atoms with van der Waals surface area (Å²) >= 11 is 0. The predicted octanol–water partition coefficient (Wildman–Crippen LogP) is 2.94. The van der Waals surface area contributed by atoms with E-state index in [0.29, 0.717) is 13.0 Å². The number of likely N-dealkylation sites (tertiary alicyclic amines) is 1. The number of halogens is 2. The number of phenolic OH excluding ortho intramolecular Hbond substituents is 1. The molecule has 2 heterocycles. The number of nitrogens with one attached hydrogen (secondary N) is 1. The van der Waals surface area contributed by atoms with Gasteiger partial charge in [-0.25, -0.2) is 0 Å². The van der Waals surface area contributed by atoms with Crippen molar-refractivity contribution < 1.29 is 32.9 Å². The predicted molar refractivity (Wildman–Crippen MR) is 139 cm³/mol. The number of primary amides is 1. The van der Waals surface area contributed by atoms with Crippen LogP contribution in [0.1, 0.15) is 12.0 Å². The SMILES string of the molecule is CN(C)c1cccc(Oc2nc(Oc3cc(C(=N)N)ccc3O)c(F)c(OC3CCN(CC(N)=O)C3)c2F)c1. The Hall–Kier alpha value is -4.65. The fraction of sp³-hybridized carbons (Fsp3) is 0.269. The number of aromatic nitrogens is 1. The van der Waals surface area contributed by atoms with Crippen LogP contribution in [-0.2, 0) is 4.79 Å². The molecule has 3 aromatic rings. The fourth-order valence-electron chi connectivity index (χ4n) is 3.95. The third-order valence-electron chi connectivity index (χ3n) is 5.90. The minimum Gasteiger partial charge on any atom is -0.504 e. The molecule has 1 saturated heterocycles. The van der Waals surface area contributed by atoms with E-state index >= 15 is 8.78 Å². The highest BCUT2D eigenvalue weighted by atomic mass is 19.1. The Kier molecular flexibility index (Phi) is 8.00. The molecule has 206 valence electrons. The van der Waals surface area contributed by atoms with Crippen molar-refractivity contribution in [1.82, 2.24) is 9.88 Å². The summed E-state index contributed by atoms with van der Waals surface area (Å²) in [5.74, 6) is -5.96. The summed E-state index contributed by atoms with van der Waals surface area (Å²) in [7, 11) is 3.64. The van der Waals surface area contributed by atoms with Gasteiger partial charge in [0.05, 0.1) is 6.54 Å². The van der Waals surface area contributed by atoms with Gasteiger partial charge in [-0.2, -0.15) is 13.8 Å². The zero-order valence-corrected chi connectivity index (χ0v) is 21.3. The number of nitrogens with two attached hydrogens (primary N) is 2. The molecule has 1 atom stereocenters. The van der Waals surface area contributed by atoms with Gasteiger partial charge < -0.3 is 35.7 Å². The van der Waals surface area contributed by atoms with Gasteiger partial charge in [-0.05, 0) is 36.8 Å². The van der Waals surface area contributed by atoms with Crippen LogP contribution in [0.3, 0.4) is 0 Å². The molecule has 4 rings (SSSR count). The van der Waals surface area contributed by atoms with Crippen molar-refractivity contribution in [3.05, 3.63) is 59.7 Å². The lowest BCUT2D eigenvalue weighted by Crippen LogP contribution is -2.33. The van der Waals surface area contributed by atoms with E-state index in [1.165, 1.54) is 18.2 Å². The normalized spacial score (nSPS) is 15.1. The maximum absolute atomic E-state index is 15.6. The van der Waals surface area contributed by atoms with Gasteiger partial charge >= 0.3 is 0 Å². The van der Waals surface area contributed by atoms with Gasteiger partial charge in [-0.15, -0.1) is 0 Å². The molecule has 0 aliphatic carbocycles. The first-order chi connectivity index (χ1) is 18.5. The number of benzene rings is 2. The van der Waals surface area contributed by atoms with Gasteiger partial charge in [0.25, 0.3) is 11.8 Å². The van der Waals surface area contributed by atoms with Crippen LogP contribution in [0.2, 0.25) is 0 Å². The molecule has 1 aromatic heterocycles. The van der Waals surface area contributed by atoms with E-state index in [9.17, 15) is 9.90 Å². The number of phenols is 1. The van der Waals surface area contributed by atoms with Crippen LogP contribution in [0.15, 0.2) is 42.5 Å². The van der Waals surface area contributed by atoms with E-state index in [-0.39, 0.29) is 36.0 Å². The number of nitrogens with zero attached hydrogens (tertiary/aromatic N) is 3. The molecule has 1 fully saturated rings. The molecule has 39 heavy (non-hydrogen) atoms. The molecule has 1 amide bonds. The summed E-state index contributed by atoms with van der Waals surface area (Å²) in [5.41, 5.74) is 11.7. The number of anilines is 1. The molecule has 0 spiro atoms. The summed E-state index contributed by atoms with van der Waals surface area (Å²) in [6, 6.07) is 10.5. The van der Waals surface area contributed by atoms with Crippen molar-refractivity contribution >= 4 is 17.4 Å². The number of ether oxygens (including phenoxy) is 3. The number of rotatable bonds is 10. The second-order valence-electron chi connectivity index (χ2n) is 9.10. The number of aromatic hydroxyl groups is 1. The Labute approximate surface area is 223 Å².